The van der Waals surface area contributed by atoms with Gasteiger partial charge in [-0.2, -0.15) is 0 Å². The molecule has 9 heteroatoms. The van der Waals surface area contributed by atoms with Gasteiger partial charge in [0.1, 0.15) is 5.75 Å². The minimum Gasteiger partial charge on any atom is -0.497 e. The van der Waals surface area contributed by atoms with Crippen LogP contribution in [0, 0.1) is 0 Å². The number of halogens is 1. The zero-order chi connectivity index (χ0) is 23.4. The summed E-state index contributed by atoms with van der Waals surface area (Å²) in [7, 11) is 2.92. The third-order valence-electron chi connectivity index (χ3n) is 5.93. The Morgan fingerprint density at radius 3 is 2.55 bits per heavy atom. The van der Waals surface area contributed by atoms with Crippen LogP contribution in [0.4, 0.5) is 10.5 Å². The Morgan fingerprint density at radius 1 is 1.09 bits per heavy atom. The van der Waals surface area contributed by atoms with Gasteiger partial charge in [0.15, 0.2) is 0 Å². The van der Waals surface area contributed by atoms with E-state index in [1.165, 1.54) is 7.11 Å². The first-order chi connectivity index (χ1) is 16.0. The van der Waals surface area contributed by atoms with Crippen LogP contribution in [0.1, 0.15) is 11.6 Å². The Morgan fingerprint density at radius 2 is 1.85 bits per heavy atom. The molecule has 0 radical (unpaired) electrons. The summed E-state index contributed by atoms with van der Waals surface area (Å²) in [6, 6.07) is 14.1. The van der Waals surface area contributed by atoms with Crippen LogP contribution in [0.2, 0.25) is 5.02 Å². The first kappa shape index (κ1) is 22.9. The van der Waals surface area contributed by atoms with Crippen LogP contribution in [0.25, 0.3) is 0 Å². The fraction of sp³-hybridized carbons (Fsp3) is 0.333. The van der Waals surface area contributed by atoms with Crippen molar-refractivity contribution in [1.29, 1.82) is 0 Å². The maximum absolute atomic E-state index is 12.8. The molecule has 0 saturated carbocycles. The molecule has 2 amide bonds. The van der Waals surface area contributed by atoms with E-state index in [4.69, 9.17) is 21.1 Å². The first-order valence-electron chi connectivity index (χ1n) is 10.7. The molecule has 2 aromatic carbocycles. The summed E-state index contributed by atoms with van der Waals surface area (Å²) in [5.74, 6) is 0.154. The Hall–Kier alpha value is -3.23. The van der Waals surface area contributed by atoms with Crippen LogP contribution in [-0.2, 0) is 9.53 Å². The summed E-state index contributed by atoms with van der Waals surface area (Å²) in [4.78, 5) is 29.8. The molecule has 174 valence electrons. The van der Waals surface area contributed by atoms with Crippen LogP contribution in [0.5, 0.6) is 5.75 Å². The standard InChI is InChI=1S/C24H27ClN4O4/c1-32-17-7-5-6-16(14-17)22-21(23(30)33-2)19(26-24(31)27-22)15-28-10-12-29(13-11-28)20-9-4-3-8-18(20)25/h3-9,14,22H,10-13,15H2,1-2H3,(H2,26,27,31). The minimum absolute atomic E-state index is 0.361. The molecule has 8 nitrogen and oxygen atoms in total. The average Bonchev–Trinajstić information content (AvgIpc) is 2.84. The van der Waals surface area contributed by atoms with Gasteiger partial charge in [-0.15, -0.1) is 0 Å². The van der Waals surface area contributed by atoms with Gasteiger partial charge >= 0.3 is 12.0 Å². The molecule has 1 fully saturated rings. The molecule has 2 aromatic rings. The van der Waals surface area contributed by atoms with E-state index >= 15 is 0 Å². The van der Waals surface area contributed by atoms with Crippen molar-refractivity contribution in [2.45, 2.75) is 6.04 Å². The lowest BCUT2D eigenvalue weighted by Gasteiger charge is -2.38. The van der Waals surface area contributed by atoms with Gasteiger partial charge in [0, 0.05) is 38.4 Å². The second-order valence-electron chi connectivity index (χ2n) is 7.91. The molecule has 2 aliphatic rings. The largest absolute Gasteiger partial charge is 0.497 e. The number of hydrogen-bond acceptors (Lipinski definition) is 6. The minimum atomic E-state index is -0.638. The Balaban J connectivity index is 1.56. The van der Waals surface area contributed by atoms with Crippen LogP contribution in [0.15, 0.2) is 59.8 Å². The van der Waals surface area contributed by atoms with Crippen molar-refractivity contribution in [3.05, 3.63) is 70.4 Å². The molecule has 1 atom stereocenters. The summed E-state index contributed by atoms with van der Waals surface area (Å²) >= 11 is 6.35. The summed E-state index contributed by atoms with van der Waals surface area (Å²) in [5.41, 5.74) is 2.69. The van der Waals surface area contributed by atoms with Crippen LogP contribution in [0.3, 0.4) is 0 Å². The number of carbonyl (C=O) groups excluding carboxylic acids is 2. The monoisotopic (exact) mass is 470 g/mol. The number of esters is 1. The highest BCUT2D eigenvalue weighted by molar-refractivity contribution is 6.33. The summed E-state index contributed by atoms with van der Waals surface area (Å²) < 4.78 is 10.4. The quantitative estimate of drug-likeness (QED) is 0.632. The fourth-order valence-corrected chi connectivity index (χ4v) is 4.50. The zero-order valence-corrected chi connectivity index (χ0v) is 19.4. The van der Waals surface area contributed by atoms with E-state index in [0.717, 1.165) is 42.5 Å². The van der Waals surface area contributed by atoms with Gasteiger partial charge in [0.25, 0.3) is 0 Å². The Kier molecular flexibility index (Phi) is 7.05. The summed E-state index contributed by atoms with van der Waals surface area (Å²) in [6.45, 7) is 3.52. The number of anilines is 1. The third-order valence-corrected chi connectivity index (χ3v) is 6.25. The molecule has 1 unspecified atom stereocenters. The van der Waals surface area contributed by atoms with Crippen molar-refractivity contribution in [3.8, 4) is 5.75 Å². The molecule has 33 heavy (non-hydrogen) atoms. The maximum Gasteiger partial charge on any atom is 0.338 e. The normalized spacial score (nSPS) is 19.1. The number of ether oxygens (including phenoxy) is 2. The van der Waals surface area contributed by atoms with E-state index < -0.39 is 12.0 Å². The van der Waals surface area contributed by atoms with Crippen molar-refractivity contribution in [1.82, 2.24) is 15.5 Å². The predicted octanol–water partition coefficient (Wildman–Crippen LogP) is 2.95. The van der Waals surface area contributed by atoms with E-state index in [1.807, 2.05) is 42.5 Å². The molecule has 0 aromatic heterocycles. The maximum atomic E-state index is 12.8. The number of urea groups is 1. The average molecular weight is 471 g/mol. The highest BCUT2D eigenvalue weighted by atomic mass is 35.5. The highest BCUT2D eigenvalue weighted by Crippen LogP contribution is 2.31. The molecule has 2 N–H and O–H groups in total. The molecule has 0 aliphatic carbocycles. The number of nitrogens with zero attached hydrogens (tertiary/aromatic N) is 2. The second-order valence-corrected chi connectivity index (χ2v) is 8.31. The Labute approximate surface area is 198 Å². The van der Waals surface area contributed by atoms with Gasteiger partial charge in [0.2, 0.25) is 0 Å². The van der Waals surface area contributed by atoms with Gasteiger partial charge in [-0.05, 0) is 29.8 Å². The first-order valence-corrected chi connectivity index (χ1v) is 11.1. The van der Waals surface area contributed by atoms with Crippen LogP contribution in [-0.4, -0.2) is 63.8 Å². The smallest absolute Gasteiger partial charge is 0.338 e. The second kappa shape index (κ2) is 10.1. The number of methoxy groups -OCH3 is 2. The van der Waals surface area contributed by atoms with Crippen LogP contribution < -0.4 is 20.3 Å². The summed E-state index contributed by atoms with van der Waals surface area (Å²) in [5, 5.41) is 6.41. The number of piperazine rings is 1. The topological polar surface area (TPSA) is 83.1 Å². The van der Waals surface area contributed by atoms with Crippen molar-refractivity contribution in [3.63, 3.8) is 0 Å². The van der Waals surface area contributed by atoms with Crippen LogP contribution >= 0.6 is 11.6 Å². The number of nitrogens with one attached hydrogen (secondary N) is 2. The van der Waals surface area contributed by atoms with Crippen molar-refractivity contribution < 1.29 is 19.1 Å². The van der Waals surface area contributed by atoms with Gasteiger partial charge in [-0.25, -0.2) is 9.59 Å². The predicted molar refractivity (Wildman–Crippen MR) is 127 cm³/mol. The van der Waals surface area contributed by atoms with Crippen molar-refractivity contribution in [2.24, 2.45) is 0 Å². The molecule has 2 heterocycles. The van der Waals surface area contributed by atoms with E-state index in [0.29, 0.717) is 23.6 Å². The highest BCUT2D eigenvalue weighted by Gasteiger charge is 2.34. The van der Waals surface area contributed by atoms with Gasteiger partial charge in [0.05, 0.1) is 36.5 Å². The van der Waals surface area contributed by atoms with Gasteiger partial charge < -0.3 is 25.0 Å². The van der Waals surface area contributed by atoms with Crippen molar-refractivity contribution in [2.75, 3.05) is 51.8 Å². The molecular weight excluding hydrogens is 444 g/mol. The molecule has 0 bridgehead atoms. The molecule has 4 rings (SSSR count). The molecule has 2 aliphatic heterocycles. The number of benzene rings is 2. The lowest BCUT2D eigenvalue weighted by Crippen LogP contribution is -2.51. The number of rotatable bonds is 6. The zero-order valence-electron chi connectivity index (χ0n) is 18.6. The van der Waals surface area contributed by atoms with E-state index in [2.05, 4.69) is 20.4 Å². The van der Waals surface area contributed by atoms with E-state index in [9.17, 15) is 9.59 Å². The summed E-state index contributed by atoms with van der Waals surface area (Å²) in [6.07, 6.45) is 0. The van der Waals surface area contributed by atoms with Gasteiger partial charge in [-0.3, -0.25) is 4.90 Å². The lowest BCUT2D eigenvalue weighted by molar-refractivity contribution is -0.136. The van der Waals surface area contributed by atoms with E-state index in [-0.39, 0.29) is 6.03 Å². The molecule has 0 spiro atoms. The molecule has 1 saturated heterocycles. The number of amides is 2. The number of carbonyl (C=O) groups is 2. The lowest BCUT2D eigenvalue weighted by atomic mass is 9.94. The third kappa shape index (κ3) is 5.07. The fourth-order valence-electron chi connectivity index (χ4n) is 4.24. The number of hydrogen-bond donors (Lipinski definition) is 2. The van der Waals surface area contributed by atoms with E-state index in [1.54, 1.807) is 13.2 Å². The Bertz CT molecular complexity index is 1070. The van der Waals surface area contributed by atoms with Crippen molar-refractivity contribution >= 4 is 29.3 Å². The van der Waals surface area contributed by atoms with Gasteiger partial charge in [-0.1, -0.05) is 35.9 Å². The number of para-hydroxylation sites is 1. The SMILES string of the molecule is COC(=O)C1=C(CN2CCN(c3ccccc3Cl)CC2)NC(=O)NC1c1cccc(OC)c1. The molecular formula is C24H27ClN4O4.